The van der Waals surface area contributed by atoms with Gasteiger partial charge in [0.05, 0.1) is 0 Å². The molecule has 0 aromatic heterocycles. The van der Waals surface area contributed by atoms with Crippen LogP contribution >= 0.6 is 0 Å². The first kappa shape index (κ1) is 9.07. The van der Waals surface area contributed by atoms with Crippen LogP contribution in [0.4, 0.5) is 0 Å². The van der Waals surface area contributed by atoms with E-state index in [1.807, 2.05) is 25.1 Å². The van der Waals surface area contributed by atoms with Crippen LogP contribution in [0.3, 0.4) is 0 Å². The van der Waals surface area contributed by atoms with Gasteiger partial charge in [-0.3, -0.25) is 0 Å². The highest BCUT2D eigenvalue weighted by molar-refractivity contribution is 5.92. The number of phenolic OH excluding ortho intramolecular Hbond substituents is 1. The Morgan fingerprint density at radius 2 is 1.64 bits per heavy atom. The molecule has 0 aliphatic carbocycles. The number of aromatic hydroxyl groups is 1. The van der Waals surface area contributed by atoms with Crippen LogP contribution in [0.15, 0.2) is 24.3 Å². The Bertz CT molecular complexity index is 498. The van der Waals surface area contributed by atoms with Gasteiger partial charge in [0.2, 0.25) is 0 Å². The summed E-state index contributed by atoms with van der Waals surface area (Å²) in [7, 11) is 0. The Labute approximate surface area is 84.0 Å². The summed E-state index contributed by atoms with van der Waals surface area (Å²) >= 11 is 0. The summed E-state index contributed by atoms with van der Waals surface area (Å²) in [5.41, 5.74) is 3.62. The molecular weight excluding hydrogens is 172 g/mol. The fourth-order valence-corrected chi connectivity index (χ4v) is 1.80. The Kier molecular flexibility index (Phi) is 1.95. The molecule has 0 amide bonds. The van der Waals surface area contributed by atoms with E-state index in [0.717, 1.165) is 16.3 Å². The Morgan fingerprint density at radius 3 is 2.36 bits per heavy atom. The van der Waals surface area contributed by atoms with E-state index in [1.165, 1.54) is 11.1 Å². The second-order valence-electron chi connectivity index (χ2n) is 3.89. The first-order chi connectivity index (χ1) is 6.59. The van der Waals surface area contributed by atoms with Gasteiger partial charge in [0, 0.05) is 5.39 Å². The zero-order chi connectivity index (χ0) is 10.3. The average molecular weight is 186 g/mol. The van der Waals surface area contributed by atoms with Crippen LogP contribution in [-0.2, 0) is 0 Å². The lowest BCUT2D eigenvalue weighted by atomic mass is 9.98. The minimum absolute atomic E-state index is 0.378. The number of benzene rings is 2. The van der Waals surface area contributed by atoms with Crippen LogP contribution in [0, 0.1) is 20.8 Å². The van der Waals surface area contributed by atoms with Crippen LogP contribution in [0.5, 0.6) is 5.75 Å². The quantitative estimate of drug-likeness (QED) is 0.668. The predicted molar refractivity (Wildman–Crippen MR) is 59.8 cm³/mol. The van der Waals surface area contributed by atoms with Crippen LogP contribution in [0.25, 0.3) is 10.8 Å². The van der Waals surface area contributed by atoms with Crippen LogP contribution < -0.4 is 0 Å². The molecule has 14 heavy (non-hydrogen) atoms. The molecule has 1 N–H and O–H groups in total. The van der Waals surface area contributed by atoms with E-state index < -0.39 is 0 Å². The number of rotatable bonds is 0. The smallest absolute Gasteiger partial charge is 0.123 e. The molecule has 0 saturated heterocycles. The molecule has 0 unspecified atom stereocenters. The number of fused-ring (bicyclic) bond motifs is 1. The number of aryl methyl sites for hydroxylation is 3. The van der Waals surface area contributed by atoms with Gasteiger partial charge in [-0.15, -0.1) is 0 Å². The number of phenols is 1. The first-order valence-corrected chi connectivity index (χ1v) is 4.79. The summed E-state index contributed by atoms with van der Waals surface area (Å²) in [6.07, 6.45) is 0. The molecule has 1 nitrogen and oxygen atoms in total. The van der Waals surface area contributed by atoms with E-state index in [0.29, 0.717) is 5.75 Å². The summed E-state index contributed by atoms with van der Waals surface area (Å²) < 4.78 is 0. The van der Waals surface area contributed by atoms with Gasteiger partial charge in [0.25, 0.3) is 0 Å². The topological polar surface area (TPSA) is 20.2 Å². The van der Waals surface area contributed by atoms with Crippen molar-refractivity contribution in [3.05, 3.63) is 41.0 Å². The molecule has 2 rings (SSSR count). The molecule has 0 fully saturated rings. The fourth-order valence-electron chi connectivity index (χ4n) is 1.80. The highest BCUT2D eigenvalue weighted by atomic mass is 16.3. The average Bonchev–Trinajstić information content (AvgIpc) is 2.14. The maximum Gasteiger partial charge on any atom is 0.123 e. The molecule has 0 heterocycles. The third-order valence-corrected chi connectivity index (χ3v) is 2.80. The van der Waals surface area contributed by atoms with Crippen molar-refractivity contribution in [3.8, 4) is 5.75 Å². The largest absolute Gasteiger partial charge is 0.507 e. The maximum absolute atomic E-state index is 9.77. The molecule has 0 saturated carbocycles. The van der Waals surface area contributed by atoms with Gasteiger partial charge in [-0.2, -0.15) is 0 Å². The molecule has 0 atom stereocenters. The van der Waals surface area contributed by atoms with Gasteiger partial charge in [0.1, 0.15) is 5.75 Å². The van der Waals surface area contributed by atoms with Crippen LogP contribution in [0.2, 0.25) is 0 Å². The predicted octanol–water partition coefficient (Wildman–Crippen LogP) is 3.47. The lowest BCUT2D eigenvalue weighted by molar-refractivity contribution is 0.481. The summed E-state index contributed by atoms with van der Waals surface area (Å²) in [4.78, 5) is 0. The molecule has 0 aliphatic heterocycles. The van der Waals surface area contributed by atoms with Gasteiger partial charge in [-0.25, -0.2) is 0 Å². The molecule has 0 radical (unpaired) electrons. The Balaban J connectivity index is 2.95. The minimum Gasteiger partial charge on any atom is -0.507 e. The summed E-state index contributed by atoms with van der Waals surface area (Å²) in [6, 6.07) is 7.95. The van der Waals surface area contributed by atoms with E-state index in [4.69, 9.17) is 0 Å². The summed E-state index contributed by atoms with van der Waals surface area (Å²) in [6.45, 7) is 6.19. The Morgan fingerprint density at radius 1 is 0.929 bits per heavy atom. The van der Waals surface area contributed by atoms with Gasteiger partial charge >= 0.3 is 0 Å². The summed E-state index contributed by atoms with van der Waals surface area (Å²) in [5, 5.41) is 11.9. The number of hydrogen-bond acceptors (Lipinski definition) is 1. The monoisotopic (exact) mass is 186 g/mol. The van der Waals surface area contributed by atoms with E-state index >= 15 is 0 Å². The lowest BCUT2D eigenvalue weighted by Gasteiger charge is -2.08. The molecule has 0 aliphatic rings. The van der Waals surface area contributed by atoms with Gasteiger partial charge in [0.15, 0.2) is 0 Å². The third-order valence-electron chi connectivity index (χ3n) is 2.80. The first-order valence-electron chi connectivity index (χ1n) is 4.79. The highest BCUT2D eigenvalue weighted by Crippen LogP contribution is 2.30. The zero-order valence-electron chi connectivity index (χ0n) is 8.76. The van der Waals surface area contributed by atoms with E-state index in [-0.39, 0.29) is 0 Å². The van der Waals surface area contributed by atoms with Crippen LogP contribution in [-0.4, -0.2) is 5.11 Å². The van der Waals surface area contributed by atoms with Crippen molar-refractivity contribution in [1.29, 1.82) is 0 Å². The van der Waals surface area contributed by atoms with Crippen LogP contribution in [0.1, 0.15) is 16.7 Å². The van der Waals surface area contributed by atoms with E-state index in [9.17, 15) is 5.11 Å². The lowest BCUT2D eigenvalue weighted by Crippen LogP contribution is -1.85. The van der Waals surface area contributed by atoms with Crippen molar-refractivity contribution < 1.29 is 5.11 Å². The Hall–Kier alpha value is -1.50. The van der Waals surface area contributed by atoms with Crippen molar-refractivity contribution in [1.82, 2.24) is 0 Å². The van der Waals surface area contributed by atoms with E-state index in [2.05, 4.69) is 19.9 Å². The van der Waals surface area contributed by atoms with E-state index in [1.54, 1.807) is 0 Å². The maximum atomic E-state index is 9.77. The minimum atomic E-state index is 0.378. The van der Waals surface area contributed by atoms with Gasteiger partial charge in [-0.05, 0) is 43.4 Å². The van der Waals surface area contributed by atoms with Crippen molar-refractivity contribution in [3.63, 3.8) is 0 Å². The molecular formula is C13H14O. The second kappa shape index (κ2) is 3.02. The normalized spacial score (nSPS) is 10.8. The molecule has 0 bridgehead atoms. The molecule has 1 heteroatoms. The molecule has 0 spiro atoms. The molecule has 2 aromatic rings. The SMILES string of the molecule is Cc1ccc2c(O)cc(C)c(C)c2c1. The standard InChI is InChI=1S/C13H14O/c1-8-4-5-11-12(6-8)10(3)9(2)7-13(11)14/h4-7,14H,1-3H3. The molecule has 2 aromatic carbocycles. The second-order valence-corrected chi connectivity index (χ2v) is 3.89. The molecule has 72 valence electrons. The van der Waals surface area contributed by atoms with Crippen molar-refractivity contribution in [2.75, 3.05) is 0 Å². The fraction of sp³-hybridized carbons (Fsp3) is 0.231. The summed E-state index contributed by atoms with van der Waals surface area (Å²) in [5.74, 6) is 0.378. The van der Waals surface area contributed by atoms with Crippen molar-refractivity contribution >= 4 is 10.8 Å². The zero-order valence-corrected chi connectivity index (χ0v) is 8.76. The third kappa shape index (κ3) is 1.25. The van der Waals surface area contributed by atoms with Crippen molar-refractivity contribution in [2.24, 2.45) is 0 Å². The van der Waals surface area contributed by atoms with Gasteiger partial charge < -0.3 is 5.11 Å². The number of hydrogen-bond donors (Lipinski definition) is 1. The highest BCUT2D eigenvalue weighted by Gasteiger charge is 2.05. The van der Waals surface area contributed by atoms with Crippen molar-refractivity contribution in [2.45, 2.75) is 20.8 Å². The van der Waals surface area contributed by atoms with Gasteiger partial charge in [-0.1, -0.05) is 23.8 Å².